The molecule has 0 fully saturated rings. The first-order valence-electron chi connectivity index (χ1n) is 9.12. The zero-order valence-electron chi connectivity index (χ0n) is 16.2. The Balaban J connectivity index is 3.20. The predicted octanol–water partition coefficient (Wildman–Crippen LogP) is 4.90. The first-order chi connectivity index (χ1) is 11.6. The molecule has 0 spiro atoms. The lowest BCUT2D eigenvalue weighted by Gasteiger charge is -2.38. The van der Waals surface area contributed by atoms with Crippen molar-refractivity contribution in [2.75, 3.05) is 12.4 Å². The van der Waals surface area contributed by atoms with E-state index in [1.807, 2.05) is 20.8 Å². The van der Waals surface area contributed by atoms with Crippen molar-refractivity contribution in [3.8, 4) is 0 Å². The van der Waals surface area contributed by atoms with Gasteiger partial charge in [0.15, 0.2) is 0 Å². The number of esters is 1. The van der Waals surface area contributed by atoms with Gasteiger partial charge in [0.1, 0.15) is 22.4 Å². The van der Waals surface area contributed by atoms with Crippen LogP contribution in [0, 0.1) is 5.41 Å². The minimum atomic E-state index is -1.07. The molecule has 2 atom stereocenters. The lowest BCUT2D eigenvalue weighted by Crippen LogP contribution is -2.42. The summed E-state index contributed by atoms with van der Waals surface area (Å²) >= 11 is 3.44. The molecule has 0 heterocycles. The molecule has 1 aliphatic carbocycles. The maximum absolute atomic E-state index is 13.0. The average molecular weight is 417 g/mol. The third-order valence-corrected chi connectivity index (χ3v) is 4.91. The van der Waals surface area contributed by atoms with Crippen LogP contribution in [0.5, 0.6) is 0 Å². The van der Waals surface area contributed by atoms with Crippen molar-refractivity contribution < 1.29 is 19.4 Å². The molecule has 1 aliphatic rings. The molecule has 0 bridgehead atoms. The molecular formula is C20H33BrO4. The Morgan fingerprint density at radius 2 is 1.88 bits per heavy atom. The van der Waals surface area contributed by atoms with Crippen molar-refractivity contribution in [3.63, 3.8) is 0 Å². The van der Waals surface area contributed by atoms with Gasteiger partial charge in [0.25, 0.3) is 0 Å². The molecule has 144 valence electrons. The highest BCUT2D eigenvalue weighted by molar-refractivity contribution is 9.09. The van der Waals surface area contributed by atoms with Crippen molar-refractivity contribution in [1.82, 2.24) is 0 Å². The topological polar surface area (TPSA) is 55.8 Å². The molecule has 0 saturated carbocycles. The highest BCUT2D eigenvalue weighted by atomic mass is 79.9. The van der Waals surface area contributed by atoms with Crippen LogP contribution in [0.2, 0.25) is 0 Å². The van der Waals surface area contributed by atoms with E-state index in [0.717, 1.165) is 31.0 Å². The summed E-state index contributed by atoms with van der Waals surface area (Å²) in [6.07, 6.45) is 10.1. The molecule has 2 unspecified atom stereocenters. The molecule has 1 rings (SSSR count). The molecule has 0 amide bonds. The van der Waals surface area contributed by atoms with Crippen molar-refractivity contribution >= 4 is 21.9 Å². The fourth-order valence-corrected chi connectivity index (χ4v) is 3.37. The Kier molecular flexibility index (Phi) is 8.20. The number of carbonyl (C=O) groups is 1. The summed E-state index contributed by atoms with van der Waals surface area (Å²) in [4.78, 5) is 13.0. The SMILES string of the molecule is CCCCC1(O)C=CC(CCCCBr)(C(=O)OC(C)(C)C)C(OC)=C1. The van der Waals surface area contributed by atoms with Gasteiger partial charge in [-0.2, -0.15) is 0 Å². The van der Waals surface area contributed by atoms with E-state index in [4.69, 9.17) is 9.47 Å². The number of methoxy groups -OCH3 is 1. The first kappa shape index (κ1) is 22.2. The zero-order valence-corrected chi connectivity index (χ0v) is 17.8. The van der Waals surface area contributed by atoms with Crippen molar-refractivity contribution in [2.45, 2.75) is 77.4 Å². The number of unbranched alkanes of at least 4 members (excludes halogenated alkanes) is 2. The van der Waals surface area contributed by atoms with E-state index in [1.165, 1.54) is 0 Å². The molecule has 1 N–H and O–H groups in total. The summed E-state index contributed by atoms with van der Waals surface area (Å²) in [7, 11) is 1.55. The Labute approximate surface area is 160 Å². The highest BCUT2D eigenvalue weighted by Crippen LogP contribution is 2.43. The van der Waals surface area contributed by atoms with Gasteiger partial charge in [-0.25, -0.2) is 0 Å². The first-order valence-corrected chi connectivity index (χ1v) is 10.2. The van der Waals surface area contributed by atoms with Crippen LogP contribution >= 0.6 is 15.9 Å². The minimum Gasteiger partial charge on any atom is -0.500 e. The number of hydrogen-bond acceptors (Lipinski definition) is 4. The number of halogens is 1. The third kappa shape index (κ3) is 6.14. The van der Waals surface area contributed by atoms with Crippen LogP contribution in [-0.2, 0) is 14.3 Å². The van der Waals surface area contributed by atoms with E-state index in [-0.39, 0.29) is 5.97 Å². The van der Waals surface area contributed by atoms with Gasteiger partial charge in [-0.05, 0) is 46.1 Å². The molecule has 0 aliphatic heterocycles. The second kappa shape index (κ2) is 9.22. The van der Waals surface area contributed by atoms with Gasteiger partial charge in [-0.1, -0.05) is 54.3 Å². The molecule has 0 aromatic heterocycles. The van der Waals surface area contributed by atoms with Crippen LogP contribution in [0.15, 0.2) is 24.0 Å². The number of ether oxygens (including phenoxy) is 2. The van der Waals surface area contributed by atoms with Crippen LogP contribution in [0.4, 0.5) is 0 Å². The van der Waals surface area contributed by atoms with Gasteiger partial charge in [0.05, 0.1) is 7.11 Å². The third-order valence-electron chi connectivity index (χ3n) is 4.35. The van der Waals surface area contributed by atoms with Crippen LogP contribution in [0.25, 0.3) is 0 Å². The van der Waals surface area contributed by atoms with Gasteiger partial charge in [-0.15, -0.1) is 0 Å². The highest BCUT2D eigenvalue weighted by Gasteiger charge is 2.47. The van der Waals surface area contributed by atoms with Crippen molar-refractivity contribution in [2.24, 2.45) is 5.41 Å². The number of alkyl halides is 1. The number of aliphatic hydroxyl groups is 1. The van der Waals surface area contributed by atoms with Gasteiger partial charge >= 0.3 is 5.97 Å². The molecule has 4 nitrogen and oxygen atoms in total. The summed E-state index contributed by atoms with van der Waals surface area (Å²) in [6, 6.07) is 0. The van der Waals surface area contributed by atoms with E-state index in [2.05, 4.69) is 22.9 Å². The Bertz CT molecular complexity index is 506. The maximum Gasteiger partial charge on any atom is 0.324 e. The van der Waals surface area contributed by atoms with Gasteiger partial charge in [0.2, 0.25) is 0 Å². The van der Waals surface area contributed by atoms with Crippen LogP contribution < -0.4 is 0 Å². The number of hydrogen-bond donors (Lipinski definition) is 1. The second-order valence-corrected chi connectivity index (χ2v) is 8.55. The quantitative estimate of drug-likeness (QED) is 0.251. The lowest BCUT2D eigenvalue weighted by atomic mass is 9.73. The second-order valence-electron chi connectivity index (χ2n) is 7.76. The molecular weight excluding hydrogens is 384 g/mol. The summed E-state index contributed by atoms with van der Waals surface area (Å²) in [5.74, 6) is 0.161. The molecule has 0 radical (unpaired) electrons. The monoisotopic (exact) mass is 416 g/mol. The normalized spacial score (nSPS) is 26.3. The van der Waals surface area contributed by atoms with Crippen molar-refractivity contribution in [1.29, 1.82) is 0 Å². The molecule has 0 saturated heterocycles. The van der Waals surface area contributed by atoms with E-state index in [9.17, 15) is 9.90 Å². The summed E-state index contributed by atoms with van der Waals surface area (Å²) in [6.45, 7) is 7.66. The van der Waals surface area contributed by atoms with Crippen LogP contribution in [0.3, 0.4) is 0 Å². The van der Waals surface area contributed by atoms with Gasteiger partial charge in [-0.3, -0.25) is 4.79 Å². The summed E-state index contributed by atoms with van der Waals surface area (Å²) in [5.41, 5.74) is -2.62. The molecule has 0 aromatic rings. The summed E-state index contributed by atoms with van der Waals surface area (Å²) in [5, 5.41) is 11.7. The van der Waals surface area contributed by atoms with Crippen molar-refractivity contribution in [3.05, 3.63) is 24.0 Å². The van der Waals surface area contributed by atoms with Crippen LogP contribution in [-0.4, -0.2) is 34.7 Å². The van der Waals surface area contributed by atoms with E-state index >= 15 is 0 Å². The molecule has 25 heavy (non-hydrogen) atoms. The minimum absolute atomic E-state index is 0.323. The Morgan fingerprint density at radius 1 is 1.20 bits per heavy atom. The van der Waals surface area contributed by atoms with E-state index in [0.29, 0.717) is 18.6 Å². The molecule has 0 aromatic carbocycles. The van der Waals surface area contributed by atoms with Crippen LogP contribution in [0.1, 0.15) is 66.2 Å². The summed E-state index contributed by atoms with van der Waals surface area (Å²) < 4.78 is 11.3. The van der Waals surface area contributed by atoms with E-state index < -0.39 is 16.6 Å². The smallest absolute Gasteiger partial charge is 0.324 e. The Morgan fingerprint density at radius 3 is 2.40 bits per heavy atom. The standard InChI is InChI=1S/C20H33BrO4/c1-6-7-10-19(23)12-13-20(11-8-9-14-21,16(15-19)24-5)17(22)25-18(2,3)4/h12-13,15,23H,6-11,14H2,1-5H3. The van der Waals surface area contributed by atoms with Gasteiger partial charge < -0.3 is 14.6 Å². The fourth-order valence-electron chi connectivity index (χ4n) is 2.97. The zero-order chi connectivity index (χ0) is 19.1. The largest absolute Gasteiger partial charge is 0.500 e. The van der Waals surface area contributed by atoms with E-state index in [1.54, 1.807) is 25.3 Å². The predicted molar refractivity (Wildman–Crippen MR) is 105 cm³/mol. The fraction of sp³-hybridized carbons (Fsp3) is 0.750. The lowest BCUT2D eigenvalue weighted by molar-refractivity contribution is -0.165. The Hall–Kier alpha value is -0.810. The number of carbonyl (C=O) groups excluding carboxylic acids is 1. The average Bonchev–Trinajstić information content (AvgIpc) is 2.53. The molecule has 5 heteroatoms. The number of rotatable bonds is 9. The van der Waals surface area contributed by atoms with Gasteiger partial charge in [0, 0.05) is 5.33 Å². The maximum atomic E-state index is 13.0.